The van der Waals surface area contributed by atoms with E-state index in [0.717, 1.165) is 33.4 Å². The minimum atomic E-state index is -2.84. The number of fused-ring (bicyclic) bond motifs is 1. The number of phenolic OH excluding ortho intramolecular Hbond substituents is 1. The fraction of sp³-hybridized carbons (Fsp3) is 0.172. The van der Waals surface area contributed by atoms with E-state index in [0.29, 0.717) is 56.1 Å². The predicted molar refractivity (Wildman–Crippen MR) is 260 cm³/mol. The van der Waals surface area contributed by atoms with Crippen molar-refractivity contribution in [3.63, 3.8) is 0 Å². The van der Waals surface area contributed by atoms with E-state index in [1.807, 2.05) is 95.6 Å². The summed E-state index contributed by atoms with van der Waals surface area (Å²) in [5.74, 6) is 0.432. The van der Waals surface area contributed by atoms with Gasteiger partial charge in [0.1, 0.15) is 11.6 Å². The van der Waals surface area contributed by atoms with Crippen LogP contribution in [0.25, 0.3) is 83.9 Å². The third-order valence-corrected chi connectivity index (χ3v) is 11.4. The van der Waals surface area contributed by atoms with E-state index in [1.54, 1.807) is 30.3 Å². The summed E-state index contributed by atoms with van der Waals surface area (Å²) < 4.78 is 87.1. The van der Waals surface area contributed by atoms with Gasteiger partial charge in [-0.25, -0.2) is 4.98 Å². The molecule has 2 heterocycles. The lowest BCUT2D eigenvalue weighted by atomic mass is 9.83. The van der Waals surface area contributed by atoms with Crippen LogP contribution in [0.2, 0.25) is 0 Å². The van der Waals surface area contributed by atoms with Gasteiger partial charge in [-0.05, 0) is 129 Å². The second kappa shape index (κ2) is 15.8. The van der Waals surface area contributed by atoms with E-state index >= 15 is 0 Å². The molecule has 7 aromatic carbocycles. The zero-order valence-electron chi connectivity index (χ0n) is 45.6. The maximum Gasteiger partial charge on any atom is 0.149 e. The summed E-state index contributed by atoms with van der Waals surface area (Å²) in [5, 5.41) is 11.6. The van der Waals surface area contributed by atoms with Crippen molar-refractivity contribution in [1.29, 1.82) is 0 Å². The highest BCUT2D eigenvalue weighted by atomic mass is 16.3. The Hall–Kier alpha value is -7.04. The molecular weight excluding hydrogens is 755 g/mol. The van der Waals surface area contributed by atoms with Gasteiger partial charge < -0.3 is 5.11 Å². The molecule has 1 N–H and O–H groups in total. The number of imidazole rings is 1. The van der Waals surface area contributed by atoms with Crippen LogP contribution in [0.5, 0.6) is 5.75 Å². The Morgan fingerprint density at radius 2 is 1.23 bits per heavy atom. The van der Waals surface area contributed by atoms with Crippen molar-refractivity contribution in [2.75, 3.05) is 0 Å². The average Bonchev–Trinajstić information content (AvgIpc) is 3.72. The number of aromatic nitrogens is 3. The number of phenols is 1. The number of rotatable bonds is 7. The van der Waals surface area contributed by atoms with E-state index in [2.05, 4.69) is 59.7 Å². The average molecular weight is 818 g/mol. The minimum absolute atomic E-state index is 0.00634. The van der Waals surface area contributed by atoms with Crippen LogP contribution in [0.1, 0.15) is 77.5 Å². The Balaban J connectivity index is 1.33. The lowest BCUT2D eigenvalue weighted by molar-refractivity contribution is 0.477. The van der Waals surface area contributed by atoms with Crippen molar-refractivity contribution in [2.24, 2.45) is 0 Å². The summed E-state index contributed by atoms with van der Waals surface area (Å²) >= 11 is 0. The zero-order chi connectivity index (χ0) is 51.8. The molecule has 4 nitrogen and oxygen atoms in total. The van der Waals surface area contributed by atoms with Crippen molar-refractivity contribution in [1.82, 2.24) is 14.5 Å². The molecule has 2 aromatic heterocycles. The molecule has 9 rings (SSSR count). The Morgan fingerprint density at radius 3 is 1.94 bits per heavy atom. The quantitative estimate of drug-likeness (QED) is 0.174. The second-order valence-corrected chi connectivity index (χ2v) is 17.8. The van der Waals surface area contributed by atoms with Crippen molar-refractivity contribution in [2.45, 2.75) is 66.1 Å². The van der Waals surface area contributed by atoms with Gasteiger partial charge in [0.2, 0.25) is 0 Å². The van der Waals surface area contributed by atoms with Crippen LogP contribution < -0.4 is 0 Å². The number of aryl methyl sites for hydroxylation is 1. The first-order valence-corrected chi connectivity index (χ1v) is 20.7. The van der Waals surface area contributed by atoms with Crippen LogP contribution in [-0.4, -0.2) is 19.6 Å². The molecule has 0 amide bonds. The van der Waals surface area contributed by atoms with Gasteiger partial charge in [-0.1, -0.05) is 156 Å². The van der Waals surface area contributed by atoms with Gasteiger partial charge >= 0.3 is 0 Å². The molecule has 0 saturated carbocycles. The van der Waals surface area contributed by atoms with Crippen LogP contribution in [-0.2, 0) is 10.8 Å². The molecule has 306 valence electrons. The first-order chi connectivity index (χ1) is 33.8. The number of pyridine rings is 1. The van der Waals surface area contributed by atoms with E-state index in [1.165, 1.54) is 6.20 Å². The van der Waals surface area contributed by atoms with Crippen LogP contribution in [0.3, 0.4) is 0 Å². The molecule has 0 spiro atoms. The molecule has 0 bridgehead atoms. The maximum absolute atomic E-state index is 11.6. The highest BCUT2D eigenvalue weighted by Crippen LogP contribution is 2.43. The number of aromatic hydroxyl groups is 1. The van der Waals surface area contributed by atoms with Gasteiger partial charge in [0.25, 0.3) is 0 Å². The van der Waals surface area contributed by atoms with Gasteiger partial charge in [-0.3, -0.25) is 9.55 Å². The predicted octanol–water partition coefficient (Wildman–Crippen LogP) is 15.3. The summed E-state index contributed by atoms with van der Waals surface area (Å²) in [6.07, 6.45) is 1.54. The maximum atomic E-state index is 11.6. The monoisotopic (exact) mass is 817 g/mol. The largest absolute Gasteiger partial charge is 0.507 e. The lowest BCUT2D eigenvalue weighted by Gasteiger charge is -2.22. The van der Waals surface area contributed by atoms with Gasteiger partial charge in [0, 0.05) is 31.1 Å². The fourth-order valence-electron chi connectivity index (χ4n) is 8.00. The van der Waals surface area contributed by atoms with Crippen molar-refractivity contribution in [3.8, 4) is 78.6 Å². The minimum Gasteiger partial charge on any atom is -0.507 e. The van der Waals surface area contributed by atoms with Crippen molar-refractivity contribution < 1.29 is 18.8 Å². The first kappa shape index (κ1) is 30.1. The molecule has 0 fully saturated rings. The molecular formula is C58H53N3O. The Bertz CT molecular complexity index is 3540. The zero-order valence-corrected chi connectivity index (χ0v) is 35.6. The van der Waals surface area contributed by atoms with Crippen LogP contribution in [0.4, 0.5) is 0 Å². The molecule has 4 heteroatoms. The molecule has 0 radical (unpaired) electrons. The second-order valence-electron chi connectivity index (χ2n) is 17.8. The van der Waals surface area contributed by atoms with Gasteiger partial charge in [-0.2, -0.15) is 0 Å². The third kappa shape index (κ3) is 7.74. The van der Waals surface area contributed by atoms with Crippen molar-refractivity contribution >= 4 is 11.0 Å². The lowest BCUT2D eigenvalue weighted by Crippen LogP contribution is -2.11. The first-order valence-electron chi connectivity index (χ1n) is 25.7. The Kier molecular flexibility index (Phi) is 7.65. The van der Waals surface area contributed by atoms with Gasteiger partial charge in [0.05, 0.1) is 33.5 Å². The number of para-hydroxylation sites is 2. The topological polar surface area (TPSA) is 50.9 Å². The van der Waals surface area contributed by atoms with Gasteiger partial charge in [-0.15, -0.1) is 0 Å². The van der Waals surface area contributed by atoms with Crippen LogP contribution in [0.15, 0.2) is 170 Å². The smallest absolute Gasteiger partial charge is 0.149 e. The normalized spacial score (nSPS) is 14.7. The molecule has 0 aliphatic carbocycles. The third-order valence-electron chi connectivity index (χ3n) is 11.4. The molecule has 9 aromatic rings. The molecule has 0 aliphatic heterocycles. The van der Waals surface area contributed by atoms with E-state index in [9.17, 15) is 5.11 Å². The van der Waals surface area contributed by atoms with E-state index in [4.69, 9.17) is 23.7 Å². The summed E-state index contributed by atoms with van der Waals surface area (Å²) in [6.45, 7) is 7.42. The number of hydrogen-bond acceptors (Lipinski definition) is 3. The summed E-state index contributed by atoms with van der Waals surface area (Å²) in [6, 6.07) is 41.5. The molecule has 62 heavy (non-hydrogen) atoms. The van der Waals surface area contributed by atoms with Crippen molar-refractivity contribution in [3.05, 3.63) is 192 Å². The molecule has 0 saturated heterocycles. The Labute approximate surface area is 380 Å². The standard InChI is InChI=1S/C58H53N3O/c1-37-21-23-39(24-22-37)42-29-30-59-51(35-42)44-32-43(33-46(34-44)58(6,7)8)47-18-14-19-52-55(47)60-56(48-17-12-13-20-54(48)62)61(52)53-36-49(40-15-10-9-11-16-40)38(2)31-50(53)41-25-27-45(28-26-41)57(3,4)5/h9-36,62H,1-8H3/i1D3,2D3,21D,22D,23D,24D. The fourth-order valence-corrected chi connectivity index (χ4v) is 8.00. The van der Waals surface area contributed by atoms with Crippen LogP contribution in [0, 0.1) is 13.7 Å². The highest BCUT2D eigenvalue weighted by molar-refractivity contribution is 5.98. The Morgan fingerprint density at radius 1 is 0.532 bits per heavy atom. The molecule has 0 atom stereocenters. The number of hydrogen-bond donors (Lipinski definition) is 1. The van der Waals surface area contributed by atoms with Crippen LogP contribution >= 0.6 is 0 Å². The number of nitrogens with zero attached hydrogens (tertiary/aromatic N) is 3. The highest BCUT2D eigenvalue weighted by Gasteiger charge is 2.25. The molecule has 0 unspecified atom stereocenters. The SMILES string of the molecule is [2H]c1c([2H])c(C([2H])([2H])[2H])c([2H])c([2H])c1-c1ccnc(-c2cc(-c3cccc4c3nc(-c3ccccc3O)n4-c3cc(-c4ccccc4)c(C([2H])([2H])[2H])cc3-c3ccc(C(C)(C)C)cc3)cc(C(C)(C)C)c2)c1. The van der Waals surface area contributed by atoms with Gasteiger partial charge in [0.15, 0.2) is 0 Å². The molecule has 0 aliphatic rings. The summed E-state index contributed by atoms with van der Waals surface area (Å²) in [5.41, 5.74) is 9.25. The van der Waals surface area contributed by atoms with E-state index in [-0.39, 0.29) is 27.7 Å². The summed E-state index contributed by atoms with van der Waals surface area (Å²) in [4.78, 5) is 10.2. The summed E-state index contributed by atoms with van der Waals surface area (Å²) in [7, 11) is 0. The number of benzene rings is 7. The van der Waals surface area contributed by atoms with E-state index < -0.39 is 43.4 Å².